The van der Waals surface area contributed by atoms with Crippen LogP contribution in [0.1, 0.15) is 0 Å². The first-order chi connectivity index (χ1) is 5.25. The first-order valence-electron chi connectivity index (χ1n) is 3.29. The molecule has 0 spiro atoms. The zero-order valence-corrected chi connectivity index (χ0v) is 7.26. The van der Waals surface area contributed by atoms with Gasteiger partial charge in [-0.05, 0) is 34.7 Å². The van der Waals surface area contributed by atoms with Crippen molar-refractivity contribution in [2.45, 2.75) is 0 Å². The van der Waals surface area contributed by atoms with E-state index in [0.29, 0.717) is 0 Å². The molecule has 1 nitrogen and oxygen atoms in total. The molecule has 11 heavy (non-hydrogen) atoms. The van der Waals surface area contributed by atoms with Gasteiger partial charge in [0, 0.05) is 4.47 Å². The largest absolute Gasteiger partial charge is 0.290 e. The number of Topliss-reactive ketones (excluding diaryl/α,β-unsaturated/α-hetero) is 1. The van der Waals surface area contributed by atoms with E-state index in [1.807, 2.05) is 18.2 Å². The van der Waals surface area contributed by atoms with Crippen LogP contribution < -0.4 is 10.4 Å². The molecule has 0 radical (unpaired) electrons. The first kappa shape index (κ1) is 6.80. The summed E-state index contributed by atoms with van der Waals surface area (Å²) in [7, 11) is 0. The Morgan fingerprint density at radius 2 is 1.82 bits per heavy atom. The van der Waals surface area contributed by atoms with Gasteiger partial charge in [0.25, 0.3) is 0 Å². The van der Waals surface area contributed by atoms with Crippen LogP contribution in [0.5, 0.6) is 0 Å². The lowest BCUT2D eigenvalue weighted by molar-refractivity contribution is -0.107. The molecule has 0 fully saturated rings. The average Bonchev–Trinajstić information content (AvgIpc) is 2.27. The fourth-order valence-electron chi connectivity index (χ4n) is 1.15. The second-order valence-corrected chi connectivity index (χ2v) is 3.38. The van der Waals surface area contributed by atoms with Crippen LogP contribution in [0.3, 0.4) is 0 Å². The summed E-state index contributed by atoms with van der Waals surface area (Å²) in [5.41, 5.74) is 0. The summed E-state index contributed by atoms with van der Waals surface area (Å²) in [6.07, 6.45) is 3.28. The molecule has 2 rings (SSSR count). The third-order valence-corrected chi connectivity index (χ3v) is 2.14. The predicted molar refractivity (Wildman–Crippen MR) is 47.3 cm³/mol. The highest BCUT2D eigenvalue weighted by molar-refractivity contribution is 9.10. The van der Waals surface area contributed by atoms with E-state index in [1.165, 1.54) is 0 Å². The molecule has 0 atom stereocenters. The zero-order chi connectivity index (χ0) is 7.84. The summed E-state index contributed by atoms with van der Waals surface area (Å²) in [5, 5.41) is 2.02. The molecule has 1 aromatic carbocycles. The molecule has 2 heteroatoms. The number of hydrogen-bond donors (Lipinski definition) is 0. The van der Waals surface area contributed by atoms with Crippen molar-refractivity contribution in [3.8, 4) is 0 Å². The van der Waals surface area contributed by atoms with Crippen LogP contribution in [0.25, 0.3) is 12.2 Å². The third kappa shape index (κ3) is 1.14. The SMILES string of the molecule is O=C1C=c2ccc(Br)cc2=C1. The molecule has 0 aromatic heterocycles. The summed E-state index contributed by atoms with van der Waals surface area (Å²) in [6, 6.07) is 5.80. The van der Waals surface area contributed by atoms with E-state index < -0.39 is 0 Å². The number of carbonyl (C=O) groups excluding carboxylic acids is 1. The topological polar surface area (TPSA) is 17.1 Å². The quantitative estimate of drug-likeness (QED) is 0.611. The number of ketones is 1. The summed E-state index contributed by atoms with van der Waals surface area (Å²) < 4.78 is 1.01. The first-order valence-corrected chi connectivity index (χ1v) is 4.08. The van der Waals surface area contributed by atoms with Gasteiger partial charge in [0.2, 0.25) is 0 Å². The van der Waals surface area contributed by atoms with Gasteiger partial charge in [0.05, 0.1) is 0 Å². The number of carbonyl (C=O) groups is 1. The van der Waals surface area contributed by atoms with Crippen molar-refractivity contribution in [3.63, 3.8) is 0 Å². The van der Waals surface area contributed by atoms with Crippen molar-refractivity contribution < 1.29 is 4.79 Å². The molecule has 0 saturated heterocycles. The molecule has 0 unspecified atom stereocenters. The van der Waals surface area contributed by atoms with E-state index >= 15 is 0 Å². The Bertz CT molecular complexity index is 431. The molecule has 1 aliphatic carbocycles. The van der Waals surface area contributed by atoms with E-state index in [2.05, 4.69) is 15.9 Å². The van der Waals surface area contributed by atoms with Crippen molar-refractivity contribution in [1.82, 2.24) is 0 Å². The van der Waals surface area contributed by atoms with Crippen LogP contribution in [0, 0.1) is 0 Å². The van der Waals surface area contributed by atoms with E-state index in [4.69, 9.17) is 0 Å². The normalized spacial score (nSPS) is 13.7. The highest BCUT2D eigenvalue weighted by Crippen LogP contribution is 2.02. The van der Waals surface area contributed by atoms with Crippen LogP contribution in [0.2, 0.25) is 0 Å². The maximum atomic E-state index is 10.9. The summed E-state index contributed by atoms with van der Waals surface area (Å²) in [4.78, 5) is 10.9. The van der Waals surface area contributed by atoms with Gasteiger partial charge in [0.15, 0.2) is 5.78 Å². The predicted octanol–water partition coefficient (Wildman–Crippen LogP) is 0.593. The molecule has 0 amide bonds. The van der Waals surface area contributed by atoms with Gasteiger partial charge in [-0.25, -0.2) is 0 Å². The lowest BCUT2D eigenvalue weighted by atomic mass is 10.3. The minimum absolute atomic E-state index is 0.0816. The van der Waals surface area contributed by atoms with Crippen molar-refractivity contribution in [3.05, 3.63) is 33.1 Å². The maximum Gasteiger partial charge on any atom is 0.179 e. The second-order valence-electron chi connectivity index (χ2n) is 2.46. The molecule has 1 aliphatic rings. The molecule has 0 bridgehead atoms. The number of benzene rings is 1. The highest BCUT2D eigenvalue weighted by atomic mass is 79.9. The second kappa shape index (κ2) is 2.31. The molecule has 0 heterocycles. The van der Waals surface area contributed by atoms with Crippen LogP contribution in [-0.4, -0.2) is 5.78 Å². The number of rotatable bonds is 0. The van der Waals surface area contributed by atoms with Gasteiger partial charge in [-0.2, -0.15) is 0 Å². The van der Waals surface area contributed by atoms with E-state index in [-0.39, 0.29) is 5.78 Å². The Morgan fingerprint density at radius 3 is 2.64 bits per heavy atom. The molecular formula is C9H5BrO. The van der Waals surface area contributed by atoms with E-state index in [0.717, 1.165) is 14.9 Å². The average molecular weight is 209 g/mol. The van der Waals surface area contributed by atoms with Crippen LogP contribution in [-0.2, 0) is 4.79 Å². The summed E-state index contributed by atoms with van der Waals surface area (Å²) >= 11 is 3.34. The van der Waals surface area contributed by atoms with Crippen molar-refractivity contribution in [2.75, 3.05) is 0 Å². The Kier molecular flexibility index (Phi) is 1.43. The Morgan fingerprint density at radius 1 is 1.09 bits per heavy atom. The maximum absolute atomic E-state index is 10.9. The fraction of sp³-hybridized carbons (Fsp3) is 0. The standard InChI is InChI=1S/C9H5BrO/c10-8-2-1-6-4-9(11)5-7(6)3-8/h1-5H. The minimum Gasteiger partial charge on any atom is -0.290 e. The summed E-state index contributed by atoms with van der Waals surface area (Å²) in [5.74, 6) is 0.0816. The minimum atomic E-state index is 0.0816. The van der Waals surface area contributed by atoms with Gasteiger partial charge in [-0.15, -0.1) is 0 Å². The van der Waals surface area contributed by atoms with Gasteiger partial charge >= 0.3 is 0 Å². The molecular weight excluding hydrogens is 204 g/mol. The monoisotopic (exact) mass is 208 g/mol. The van der Waals surface area contributed by atoms with Crippen molar-refractivity contribution in [2.24, 2.45) is 0 Å². The molecule has 0 aliphatic heterocycles. The molecule has 0 N–H and O–H groups in total. The Hall–Kier alpha value is -0.890. The number of hydrogen-bond acceptors (Lipinski definition) is 1. The van der Waals surface area contributed by atoms with Crippen LogP contribution in [0.4, 0.5) is 0 Å². The lowest BCUT2D eigenvalue weighted by Gasteiger charge is -1.86. The van der Waals surface area contributed by atoms with E-state index in [1.54, 1.807) is 12.2 Å². The summed E-state index contributed by atoms with van der Waals surface area (Å²) in [6.45, 7) is 0. The van der Waals surface area contributed by atoms with Gasteiger partial charge in [0.1, 0.15) is 0 Å². The zero-order valence-electron chi connectivity index (χ0n) is 5.67. The fourth-order valence-corrected chi connectivity index (χ4v) is 1.53. The van der Waals surface area contributed by atoms with Crippen LogP contribution in [0.15, 0.2) is 22.7 Å². The van der Waals surface area contributed by atoms with E-state index in [9.17, 15) is 4.79 Å². The Labute approximate surface area is 72.2 Å². The smallest absolute Gasteiger partial charge is 0.179 e. The molecule has 1 aromatic rings. The van der Waals surface area contributed by atoms with Crippen molar-refractivity contribution in [1.29, 1.82) is 0 Å². The highest BCUT2D eigenvalue weighted by Gasteiger charge is 2.00. The van der Waals surface area contributed by atoms with Gasteiger partial charge in [-0.1, -0.05) is 22.0 Å². The number of halogens is 1. The van der Waals surface area contributed by atoms with Gasteiger partial charge < -0.3 is 0 Å². The molecule has 54 valence electrons. The number of fused-ring (bicyclic) bond motifs is 1. The van der Waals surface area contributed by atoms with Crippen molar-refractivity contribution >= 4 is 33.9 Å². The van der Waals surface area contributed by atoms with Gasteiger partial charge in [-0.3, -0.25) is 4.79 Å². The Balaban J connectivity index is 2.89. The molecule has 0 saturated carbocycles. The van der Waals surface area contributed by atoms with Crippen LogP contribution >= 0.6 is 15.9 Å². The lowest BCUT2D eigenvalue weighted by Crippen LogP contribution is -2.19. The third-order valence-electron chi connectivity index (χ3n) is 1.64.